The maximum absolute atomic E-state index is 11.5. The minimum absolute atomic E-state index is 0.169. The third-order valence-electron chi connectivity index (χ3n) is 2.31. The maximum Gasteiger partial charge on any atom is 0.337 e. The van der Waals surface area contributed by atoms with Crippen molar-refractivity contribution in [3.63, 3.8) is 0 Å². The molecule has 0 heterocycles. The number of carbonyl (C=O) groups is 3. The number of methoxy groups -OCH3 is 1. The van der Waals surface area contributed by atoms with E-state index in [0.717, 1.165) is 0 Å². The number of carboxylic acid groups (broad SMARTS) is 1. The first-order valence-corrected chi connectivity index (χ1v) is 5.43. The van der Waals surface area contributed by atoms with Crippen molar-refractivity contribution in [3.05, 3.63) is 23.8 Å². The van der Waals surface area contributed by atoms with Gasteiger partial charge >= 0.3 is 11.9 Å². The largest absolute Gasteiger partial charge is 0.481 e. The number of rotatable bonds is 5. The molecule has 1 rings (SSSR count). The summed E-state index contributed by atoms with van der Waals surface area (Å²) in [6, 6.07) is 4.30. The summed E-state index contributed by atoms with van der Waals surface area (Å²) in [4.78, 5) is 33.1. The number of esters is 1. The first kappa shape index (κ1) is 14.5. The molecule has 0 unspecified atom stereocenters. The summed E-state index contributed by atoms with van der Waals surface area (Å²) in [5, 5.41) is 10.9. The minimum atomic E-state index is -1.06. The van der Waals surface area contributed by atoms with Crippen LogP contribution in [0.3, 0.4) is 0 Å². The molecule has 1 aromatic carbocycles. The molecule has 0 saturated heterocycles. The van der Waals surface area contributed by atoms with Gasteiger partial charge in [0.05, 0.1) is 30.5 Å². The van der Waals surface area contributed by atoms with E-state index in [9.17, 15) is 14.4 Å². The van der Waals surface area contributed by atoms with Crippen molar-refractivity contribution in [2.75, 3.05) is 18.2 Å². The summed E-state index contributed by atoms with van der Waals surface area (Å²) in [6.45, 7) is 0. The van der Waals surface area contributed by atoms with E-state index in [0.29, 0.717) is 0 Å². The van der Waals surface area contributed by atoms with Crippen molar-refractivity contribution >= 4 is 29.2 Å². The van der Waals surface area contributed by atoms with Gasteiger partial charge in [0.15, 0.2) is 0 Å². The second-order valence-corrected chi connectivity index (χ2v) is 3.74. The molecule has 0 radical (unpaired) electrons. The first-order valence-electron chi connectivity index (χ1n) is 5.43. The zero-order chi connectivity index (χ0) is 14.4. The number of benzene rings is 1. The highest BCUT2D eigenvalue weighted by Crippen LogP contribution is 2.20. The van der Waals surface area contributed by atoms with Crippen molar-refractivity contribution in [3.8, 4) is 0 Å². The van der Waals surface area contributed by atoms with Gasteiger partial charge in [-0.05, 0) is 18.2 Å². The monoisotopic (exact) mass is 266 g/mol. The van der Waals surface area contributed by atoms with E-state index in [1.54, 1.807) is 0 Å². The smallest absolute Gasteiger partial charge is 0.337 e. The normalized spacial score (nSPS) is 9.74. The van der Waals surface area contributed by atoms with Crippen LogP contribution in [0.5, 0.6) is 0 Å². The molecule has 19 heavy (non-hydrogen) atoms. The van der Waals surface area contributed by atoms with Crippen molar-refractivity contribution < 1.29 is 24.2 Å². The molecule has 1 aromatic rings. The number of anilines is 2. The van der Waals surface area contributed by atoms with Crippen LogP contribution in [0.15, 0.2) is 18.2 Å². The molecule has 1 amide bonds. The standard InChI is InChI=1S/C12H14N2O5/c1-19-12(18)7-2-3-8(13)9(6-7)14-10(15)4-5-11(16)17/h2-3,6H,4-5,13H2,1H3,(H,14,15)(H,16,17). The van der Waals surface area contributed by atoms with E-state index < -0.39 is 17.8 Å². The van der Waals surface area contributed by atoms with Crippen LogP contribution in [-0.4, -0.2) is 30.1 Å². The van der Waals surface area contributed by atoms with Crippen LogP contribution >= 0.6 is 0 Å². The number of carboxylic acids is 1. The highest BCUT2D eigenvalue weighted by molar-refractivity contribution is 5.98. The molecule has 0 fully saturated rings. The second-order valence-electron chi connectivity index (χ2n) is 3.74. The fraction of sp³-hybridized carbons (Fsp3) is 0.250. The lowest BCUT2D eigenvalue weighted by atomic mass is 10.1. The van der Waals surface area contributed by atoms with E-state index in [4.69, 9.17) is 10.8 Å². The number of nitrogens with one attached hydrogen (secondary N) is 1. The lowest BCUT2D eigenvalue weighted by Crippen LogP contribution is -2.15. The SMILES string of the molecule is COC(=O)c1ccc(N)c(NC(=O)CCC(=O)O)c1. The average molecular weight is 266 g/mol. The third kappa shape index (κ3) is 4.30. The van der Waals surface area contributed by atoms with Gasteiger partial charge in [0, 0.05) is 6.42 Å². The number of aliphatic carboxylic acids is 1. The second kappa shape index (κ2) is 6.39. The van der Waals surface area contributed by atoms with Gasteiger partial charge < -0.3 is 20.9 Å². The molecule has 102 valence electrons. The van der Waals surface area contributed by atoms with Gasteiger partial charge in [0.2, 0.25) is 5.91 Å². The number of hydrogen-bond acceptors (Lipinski definition) is 5. The minimum Gasteiger partial charge on any atom is -0.481 e. The Morgan fingerprint density at radius 2 is 2.00 bits per heavy atom. The molecule has 0 bridgehead atoms. The molecule has 0 aliphatic carbocycles. The predicted octanol–water partition coefficient (Wildman–Crippen LogP) is 0.859. The van der Waals surface area contributed by atoms with Crippen molar-refractivity contribution in [1.82, 2.24) is 0 Å². The van der Waals surface area contributed by atoms with Gasteiger partial charge in [-0.1, -0.05) is 0 Å². The zero-order valence-corrected chi connectivity index (χ0v) is 10.3. The molecule has 7 nitrogen and oxygen atoms in total. The molecule has 7 heteroatoms. The molecule has 0 aliphatic heterocycles. The average Bonchev–Trinajstić information content (AvgIpc) is 2.38. The number of nitrogens with two attached hydrogens (primary N) is 1. The van der Waals surface area contributed by atoms with Gasteiger partial charge in [0.1, 0.15) is 0 Å². The molecule has 0 saturated carbocycles. The summed E-state index contributed by atoms with van der Waals surface area (Å²) in [5.74, 6) is -2.11. The summed E-state index contributed by atoms with van der Waals surface area (Å²) in [5.41, 5.74) is 6.42. The van der Waals surface area contributed by atoms with E-state index in [-0.39, 0.29) is 29.8 Å². The Kier molecular flexibility index (Phi) is 4.87. The van der Waals surface area contributed by atoms with E-state index in [2.05, 4.69) is 10.1 Å². The van der Waals surface area contributed by atoms with Gasteiger partial charge in [-0.15, -0.1) is 0 Å². The highest BCUT2D eigenvalue weighted by Gasteiger charge is 2.11. The van der Waals surface area contributed by atoms with Crippen molar-refractivity contribution in [1.29, 1.82) is 0 Å². The lowest BCUT2D eigenvalue weighted by molar-refractivity contribution is -0.138. The number of hydrogen-bond donors (Lipinski definition) is 3. The Morgan fingerprint density at radius 1 is 1.32 bits per heavy atom. The van der Waals surface area contributed by atoms with Gasteiger partial charge in [-0.2, -0.15) is 0 Å². The quantitative estimate of drug-likeness (QED) is 0.537. The van der Waals surface area contributed by atoms with Crippen LogP contribution in [0.4, 0.5) is 11.4 Å². The molecule has 0 aliphatic rings. The Bertz CT molecular complexity index is 513. The molecule has 0 atom stereocenters. The fourth-order valence-corrected chi connectivity index (χ4v) is 1.34. The first-order chi connectivity index (χ1) is 8.93. The van der Waals surface area contributed by atoms with E-state index >= 15 is 0 Å². The number of nitrogen functional groups attached to an aromatic ring is 1. The Labute approximate surface area is 109 Å². The Balaban J connectivity index is 2.79. The number of amides is 1. The van der Waals surface area contributed by atoms with Crippen LogP contribution < -0.4 is 11.1 Å². The number of ether oxygens (including phenoxy) is 1. The van der Waals surface area contributed by atoms with Crippen LogP contribution in [0.25, 0.3) is 0 Å². The van der Waals surface area contributed by atoms with Crippen LogP contribution in [-0.2, 0) is 14.3 Å². The van der Waals surface area contributed by atoms with Crippen LogP contribution in [0, 0.1) is 0 Å². The van der Waals surface area contributed by atoms with E-state index in [1.165, 1.54) is 25.3 Å². The van der Waals surface area contributed by atoms with Gasteiger partial charge in [0.25, 0.3) is 0 Å². The summed E-state index contributed by atoms with van der Waals surface area (Å²) in [6.07, 6.45) is -0.445. The van der Waals surface area contributed by atoms with Gasteiger partial charge in [-0.25, -0.2) is 4.79 Å². The highest BCUT2D eigenvalue weighted by atomic mass is 16.5. The van der Waals surface area contributed by atoms with E-state index in [1.807, 2.05) is 0 Å². The van der Waals surface area contributed by atoms with Crippen molar-refractivity contribution in [2.24, 2.45) is 0 Å². The summed E-state index contributed by atoms with van der Waals surface area (Å²) >= 11 is 0. The molecule has 0 aromatic heterocycles. The molecule has 4 N–H and O–H groups in total. The molecular weight excluding hydrogens is 252 g/mol. The molecule has 0 spiro atoms. The Morgan fingerprint density at radius 3 is 2.58 bits per heavy atom. The summed E-state index contributed by atoms with van der Waals surface area (Å²) in [7, 11) is 1.24. The fourth-order valence-electron chi connectivity index (χ4n) is 1.34. The van der Waals surface area contributed by atoms with Crippen LogP contribution in [0.1, 0.15) is 23.2 Å². The Hall–Kier alpha value is -2.57. The van der Waals surface area contributed by atoms with Gasteiger partial charge in [-0.3, -0.25) is 9.59 Å². The summed E-state index contributed by atoms with van der Waals surface area (Å²) < 4.78 is 4.54. The van der Waals surface area contributed by atoms with Crippen LogP contribution in [0.2, 0.25) is 0 Å². The topological polar surface area (TPSA) is 119 Å². The zero-order valence-electron chi connectivity index (χ0n) is 10.3. The predicted molar refractivity (Wildman–Crippen MR) is 67.7 cm³/mol. The third-order valence-corrected chi connectivity index (χ3v) is 2.31. The lowest BCUT2D eigenvalue weighted by Gasteiger charge is -2.09. The van der Waals surface area contributed by atoms with Crippen molar-refractivity contribution in [2.45, 2.75) is 12.8 Å². The number of carbonyl (C=O) groups excluding carboxylic acids is 2. The maximum atomic E-state index is 11.5. The molecular formula is C12H14N2O5.